The third-order valence-electron chi connectivity index (χ3n) is 7.70. The van der Waals surface area contributed by atoms with Gasteiger partial charge in [-0.25, -0.2) is 0 Å². The average molecular weight is 554 g/mol. The first-order valence-electron chi connectivity index (χ1n) is 14.8. The molecule has 0 saturated heterocycles. The van der Waals surface area contributed by atoms with Gasteiger partial charge >= 0.3 is 0 Å². The summed E-state index contributed by atoms with van der Waals surface area (Å²) in [5, 5.41) is 1.05. The highest BCUT2D eigenvalue weighted by molar-refractivity contribution is 7.80. The second-order valence-corrected chi connectivity index (χ2v) is 11.2. The molecule has 1 fully saturated rings. The van der Waals surface area contributed by atoms with Crippen LogP contribution in [0.15, 0.2) is 77.8 Å². The van der Waals surface area contributed by atoms with Crippen molar-refractivity contribution in [2.24, 2.45) is 5.92 Å². The summed E-state index contributed by atoms with van der Waals surface area (Å²) >= 11 is 4.92. The number of ether oxygens (including phenoxy) is 1. The van der Waals surface area contributed by atoms with Crippen molar-refractivity contribution in [2.45, 2.75) is 76.7 Å². The van der Waals surface area contributed by atoms with Crippen molar-refractivity contribution in [2.75, 3.05) is 6.61 Å². The number of unbranched alkanes of at least 4 members (excludes halogenated alkanes) is 1. The lowest BCUT2D eigenvalue weighted by atomic mass is 9.88. The maximum atomic E-state index is 10.9. The topological polar surface area (TPSA) is 31.2 Å². The van der Waals surface area contributed by atoms with E-state index in [1.54, 1.807) is 0 Å². The number of fused-ring (bicyclic) bond motifs is 1. The Hall–Kier alpha value is -3.24. The summed E-state index contributed by atoms with van der Waals surface area (Å²) in [7, 11) is 0. The van der Waals surface area contributed by atoms with Crippen LogP contribution in [0.4, 0.5) is 0 Å². The number of aldehydes is 1. The number of aromatic nitrogens is 1. The molecule has 3 nitrogen and oxygen atoms in total. The Bertz CT molecular complexity index is 1380. The lowest BCUT2D eigenvalue weighted by Crippen LogP contribution is -2.04. The molecule has 4 heteroatoms. The van der Waals surface area contributed by atoms with Crippen molar-refractivity contribution >= 4 is 42.0 Å². The zero-order valence-corrected chi connectivity index (χ0v) is 24.9. The van der Waals surface area contributed by atoms with Crippen LogP contribution >= 0.6 is 12.6 Å². The summed E-state index contributed by atoms with van der Waals surface area (Å²) in [6.07, 6.45) is 16.8. The van der Waals surface area contributed by atoms with Gasteiger partial charge < -0.3 is 14.1 Å². The molecule has 1 aliphatic carbocycles. The maximum absolute atomic E-state index is 10.9. The minimum atomic E-state index is 0.362. The van der Waals surface area contributed by atoms with Gasteiger partial charge in [0.2, 0.25) is 0 Å². The highest BCUT2D eigenvalue weighted by Crippen LogP contribution is 2.29. The van der Waals surface area contributed by atoms with Crippen molar-refractivity contribution in [1.82, 2.24) is 4.57 Å². The van der Waals surface area contributed by atoms with Gasteiger partial charge in [-0.15, -0.1) is 12.6 Å². The largest absolute Gasteiger partial charge is 0.493 e. The molecular weight excluding hydrogens is 510 g/mol. The molecule has 1 aromatic heterocycles. The van der Waals surface area contributed by atoms with E-state index in [-0.39, 0.29) is 0 Å². The Morgan fingerprint density at radius 1 is 0.950 bits per heavy atom. The van der Waals surface area contributed by atoms with Gasteiger partial charge in [-0.05, 0) is 72.1 Å². The standard InChI is InChI=1S/C31H33NO2S.C5H10/c1-2-9-27-25(17-18-26(31(27)35)16-15-24-10-4-3-5-11-24)12-6-7-23-34-30-14-8-13-29-28(30)19-20-32(29)21-22-33;1-5-3-2-4-5/h3-5,8,10-11,13-20,22,35H,2,6-7,9,12,21,23H2,1H3;5H,2-4H2,1H3/b16-15+;. The third kappa shape index (κ3) is 8.14. The number of hydrogen-bond donors (Lipinski definition) is 1. The van der Waals surface area contributed by atoms with E-state index >= 15 is 0 Å². The molecule has 0 aliphatic heterocycles. The SMILES string of the molecule is CC1CCC1.CCCc1c(CCCCOc2cccc3c2ccn3CC=O)ccc(/C=C/c2ccccc2)c1S. The number of thiol groups is 1. The van der Waals surface area contributed by atoms with Crippen LogP contribution in [0.3, 0.4) is 0 Å². The molecule has 1 heterocycles. The van der Waals surface area contributed by atoms with E-state index in [2.05, 4.69) is 62.4 Å². The summed E-state index contributed by atoms with van der Waals surface area (Å²) in [6.45, 7) is 5.57. The molecular formula is C36H43NO2S. The van der Waals surface area contributed by atoms with Crippen molar-refractivity contribution < 1.29 is 9.53 Å². The number of hydrogen-bond acceptors (Lipinski definition) is 3. The smallest absolute Gasteiger partial charge is 0.139 e. The zero-order chi connectivity index (χ0) is 28.2. The lowest BCUT2D eigenvalue weighted by Gasteiger charge is -2.18. The fourth-order valence-corrected chi connectivity index (χ4v) is 5.52. The predicted octanol–water partition coefficient (Wildman–Crippen LogP) is 9.46. The number of carbonyl (C=O) groups excluding carboxylic acids is 1. The zero-order valence-electron chi connectivity index (χ0n) is 24.0. The number of rotatable bonds is 12. The first-order chi connectivity index (χ1) is 19.6. The highest BCUT2D eigenvalue weighted by atomic mass is 32.1. The first-order valence-corrected chi connectivity index (χ1v) is 15.3. The van der Waals surface area contributed by atoms with E-state index in [9.17, 15) is 4.79 Å². The van der Waals surface area contributed by atoms with Crippen molar-refractivity contribution in [3.05, 3.63) is 95.2 Å². The van der Waals surface area contributed by atoms with Crippen LogP contribution < -0.4 is 4.74 Å². The molecule has 0 unspecified atom stereocenters. The van der Waals surface area contributed by atoms with E-state index in [1.165, 1.54) is 41.5 Å². The molecule has 0 bridgehead atoms. The van der Waals surface area contributed by atoms with Crippen LogP contribution in [0.2, 0.25) is 0 Å². The molecule has 0 N–H and O–H groups in total. The van der Waals surface area contributed by atoms with Gasteiger partial charge in [0.05, 0.1) is 18.7 Å². The average Bonchev–Trinajstić information content (AvgIpc) is 3.37. The van der Waals surface area contributed by atoms with Gasteiger partial charge in [0.1, 0.15) is 12.0 Å². The Labute approximate surface area is 245 Å². The highest BCUT2D eigenvalue weighted by Gasteiger charge is 2.11. The van der Waals surface area contributed by atoms with Crippen LogP contribution in [-0.2, 0) is 24.2 Å². The van der Waals surface area contributed by atoms with Gasteiger partial charge in [-0.3, -0.25) is 0 Å². The van der Waals surface area contributed by atoms with Crippen LogP contribution in [0.25, 0.3) is 23.1 Å². The molecule has 3 aromatic carbocycles. The quantitative estimate of drug-likeness (QED) is 0.0820. The van der Waals surface area contributed by atoms with Gasteiger partial charge in [-0.2, -0.15) is 0 Å². The minimum Gasteiger partial charge on any atom is -0.493 e. The summed E-state index contributed by atoms with van der Waals surface area (Å²) in [5.41, 5.74) is 6.15. The van der Waals surface area contributed by atoms with Gasteiger partial charge in [0, 0.05) is 16.5 Å². The van der Waals surface area contributed by atoms with Gasteiger partial charge in [-0.1, -0.05) is 100 Å². The minimum absolute atomic E-state index is 0.362. The Balaban J connectivity index is 0.000000666. The van der Waals surface area contributed by atoms with Crippen LogP contribution in [0, 0.1) is 5.92 Å². The molecule has 4 aromatic rings. The van der Waals surface area contributed by atoms with Crippen molar-refractivity contribution in [3.8, 4) is 5.75 Å². The third-order valence-corrected chi connectivity index (χ3v) is 8.23. The van der Waals surface area contributed by atoms with E-state index < -0.39 is 0 Å². The summed E-state index contributed by atoms with van der Waals surface area (Å²) in [4.78, 5) is 12.0. The summed E-state index contributed by atoms with van der Waals surface area (Å²) in [5.74, 6) is 1.95. The number of nitrogens with zero attached hydrogens (tertiary/aromatic N) is 1. The molecule has 0 radical (unpaired) electrons. The van der Waals surface area contributed by atoms with Crippen LogP contribution in [0.1, 0.15) is 74.6 Å². The molecule has 0 amide bonds. The molecule has 0 atom stereocenters. The number of carbonyl (C=O) groups is 1. The second-order valence-electron chi connectivity index (χ2n) is 10.8. The molecule has 210 valence electrons. The fraction of sp³-hybridized carbons (Fsp3) is 0.361. The molecule has 40 heavy (non-hydrogen) atoms. The normalized spacial score (nSPS) is 13.2. The first kappa shape index (κ1) is 29.7. The van der Waals surface area contributed by atoms with Crippen LogP contribution in [-0.4, -0.2) is 17.5 Å². The summed E-state index contributed by atoms with van der Waals surface area (Å²) in [6, 6.07) is 22.9. The molecule has 5 rings (SSSR count). The van der Waals surface area contributed by atoms with Gasteiger partial charge in [0.15, 0.2) is 0 Å². The van der Waals surface area contributed by atoms with E-state index in [0.29, 0.717) is 13.2 Å². The van der Waals surface area contributed by atoms with Crippen LogP contribution in [0.5, 0.6) is 5.75 Å². The molecule has 0 spiro atoms. The maximum Gasteiger partial charge on any atom is 0.139 e. The number of benzene rings is 3. The Morgan fingerprint density at radius 3 is 2.45 bits per heavy atom. The summed E-state index contributed by atoms with van der Waals surface area (Å²) < 4.78 is 8.06. The van der Waals surface area contributed by atoms with E-state index in [0.717, 1.165) is 65.9 Å². The van der Waals surface area contributed by atoms with Gasteiger partial charge in [0.25, 0.3) is 0 Å². The predicted molar refractivity (Wildman–Crippen MR) is 173 cm³/mol. The molecule has 1 saturated carbocycles. The van der Waals surface area contributed by atoms with Crippen molar-refractivity contribution in [3.63, 3.8) is 0 Å². The van der Waals surface area contributed by atoms with E-state index in [4.69, 9.17) is 17.4 Å². The second kappa shape index (κ2) is 15.5. The Kier molecular flexibility index (Phi) is 11.5. The Morgan fingerprint density at radius 2 is 1.75 bits per heavy atom. The molecule has 1 aliphatic rings. The lowest BCUT2D eigenvalue weighted by molar-refractivity contribution is -0.108. The monoisotopic (exact) mass is 553 g/mol. The fourth-order valence-electron chi connectivity index (χ4n) is 5.12. The van der Waals surface area contributed by atoms with E-state index in [1.807, 2.05) is 41.1 Å². The number of aryl methyl sites for hydroxylation is 1. The van der Waals surface area contributed by atoms with Crippen molar-refractivity contribution in [1.29, 1.82) is 0 Å².